The molecule has 0 aromatic rings. The van der Waals surface area contributed by atoms with Crippen LogP contribution in [-0.4, -0.2) is 46.9 Å². The van der Waals surface area contributed by atoms with Gasteiger partial charge in [-0.15, -0.1) is 0 Å². The Bertz CT molecular complexity index is 340. The molecule has 110 valence electrons. The summed E-state index contributed by atoms with van der Waals surface area (Å²) in [6, 6.07) is 0. The summed E-state index contributed by atoms with van der Waals surface area (Å²) in [6.45, 7) is 5.08. The van der Waals surface area contributed by atoms with Gasteiger partial charge < -0.3 is 15.3 Å². The van der Waals surface area contributed by atoms with Crippen molar-refractivity contribution in [3.05, 3.63) is 0 Å². The zero-order chi connectivity index (χ0) is 15.1. The Morgan fingerprint density at radius 3 is 2.21 bits per heavy atom. The number of aliphatic carboxylic acids is 1. The average molecular weight is 272 g/mol. The van der Waals surface area contributed by atoms with E-state index < -0.39 is 11.5 Å². The van der Waals surface area contributed by atoms with E-state index in [0.29, 0.717) is 19.4 Å². The molecule has 2 N–H and O–H groups in total. The fourth-order valence-corrected chi connectivity index (χ4v) is 1.47. The SMILES string of the molecule is CC(=O)NCCCCCC(=O)N(C)C(C)(C)C(=O)O. The first-order valence-electron chi connectivity index (χ1n) is 6.44. The van der Waals surface area contributed by atoms with E-state index in [0.717, 1.165) is 12.8 Å². The summed E-state index contributed by atoms with van der Waals surface area (Å²) in [5.74, 6) is -1.25. The molecular weight excluding hydrogens is 248 g/mol. The Balaban J connectivity index is 3.93. The van der Waals surface area contributed by atoms with E-state index in [4.69, 9.17) is 5.11 Å². The van der Waals surface area contributed by atoms with Crippen LogP contribution >= 0.6 is 0 Å². The fraction of sp³-hybridized carbons (Fsp3) is 0.769. The third-order valence-electron chi connectivity index (χ3n) is 3.18. The van der Waals surface area contributed by atoms with Gasteiger partial charge in [-0.25, -0.2) is 4.79 Å². The molecule has 0 aromatic heterocycles. The number of nitrogens with one attached hydrogen (secondary N) is 1. The Kier molecular flexibility index (Phi) is 7.11. The van der Waals surface area contributed by atoms with Gasteiger partial charge in [0, 0.05) is 26.9 Å². The molecule has 0 aromatic carbocycles. The van der Waals surface area contributed by atoms with E-state index in [9.17, 15) is 14.4 Å². The first-order chi connectivity index (χ1) is 8.69. The van der Waals surface area contributed by atoms with Crippen molar-refractivity contribution < 1.29 is 19.5 Å². The van der Waals surface area contributed by atoms with Crippen molar-refractivity contribution in [3.63, 3.8) is 0 Å². The number of carbonyl (C=O) groups is 3. The minimum atomic E-state index is -1.19. The summed E-state index contributed by atoms with van der Waals surface area (Å²) >= 11 is 0. The fourth-order valence-electron chi connectivity index (χ4n) is 1.47. The number of unbranched alkanes of at least 4 members (excludes halogenated alkanes) is 2. The van der Waals surface area contributed by atoms with Crippen LogP contribution in [0.2, 0.25) is 0 Å². The largest absolute Gasteiger partial charge is 0.480 e. The molecule has 6 nitrogen and oxygen atoms in total. The van der Waals surface area contributed by atoms with Gasteiger partial charge in [0.25, 0.3) is 0 Å². The van der Waals surface area contributed by atoms with Gasteiger partial charge in [0.1, 0.15) is 5.54 Å². The average Bonchev–Trinajstić information content (AvgIpc) is 2.31. The van der Waals surface area contributed by atoms with E-state index in [2.05, 4.69) is 5.32 Å². The summed E-state index contributed by atoms with van der Waals surface area (Å²) in [4.78, 5) is 34.7. The summed E-state index contributed by atoms with van der Waals surface area (Å²) in [5, 5.41) is 11.7. The van der Waals surface area contributed by atoms with E-state index >= 15 is 0 Å². The molecule has 0 aliphatic rings. The van der Waals surface area contributed by atoms with Gasteiger partial charge in [0.15, 0.2) is 0 Å². The number of likely N-dealkylation sites (N-methyl/N-ethyl adjacent to an activating group) is 1. The molecule has 0 bridgehead atoms. The van der Waals surface area contributed by atoms with Crippen LogP contribution in [0.3, 0.4) is 0 Å². The van der Waals surface area contributed by atoms with Gasteiger partial charge in [0.05, 0.1) is 0 Å². The van der Waals surface area contributed by atoms with Crippen LogP contribution in [-0.2, 0) is 14.4 Å². The summed E-state index contributed by atoms with van der Waals surface area (Å²) in [6.07, 6.45) is 2.66. The van der Waals surface area contributed by atoms with Crippen LogP contribution in [0.5, 0.6) is 0 Å². The van der Waals surface area contributed by atoms with Crippen molar-refractivity contribution in [3.8, 4) is 0 Å². The van der Waals surface area contributed by atoms with Crippen LogP contribution in [0.4, 0.5) is 0 Å². The molecule has 0 rings (SSSR count). The highest BCUT2D eigenvalue weighted by molar-refractivity contribution is 5.86. The highest BCUT2D eigenvalue weighted by Crippen LogP contribution is 2.15. The minimum absolute atomic E-state index is 0.0565. The smallest absolute Gasteiger partial charge is 0.329 e. The maximum atomic E-state index is 11.8. The van der Waals surface area contributed by atoms with Crippen molar-refractivity contribution in [2.75, 3.05) is 13.6 Å². The van der Waals surface area contributed by atoms with Crippen LogP contribution in [0.25, 0.3) is 0 Å². The molecule has 6 heteroatoms. The molecular formula is C13H24N2O4. The van der Waals surface area contributed by atoms with Crippen molar-refractivity contribution in [2.24, 2.45) is 0 Å². The summed E-state index contributed by atoms with van der Waals surface area (Å²) in [7, 11) is 1.51. The second-order valence-corrected chi connectivity index (χ2v) is 5.11. The Hall–Kier alpha value is -1.59. The molecule has 0 aliphatic heterocycles. The lowest BCUT2D eigenvalue weighted by Crippen LogP contribution is -2.50. The number of nitrogens with zero attached hydrogens (tertiary/aromatic N) is 1. The zero-order valence-electron chi connectivity index (χ0n) is 12.2. The number of carboxylic acids is 1. The molecule has 2 amide bonds. The standard InChI is InChI=1S/C13H24N2O4/c1-10(16)14-9-7-5-6-8-11(17)15(4)13(2,3)12(18)19/h5-9H2,1-4H3,(H,14,16)(H,18,19). The Morgan fingerprint density at radius 1 is 1.16 bits per heavy atom. The van der Waals surface area contributed by atoms with Crippen molar-refractivity contribution >= 4 is 17.8 Å². The predicted octanol–water partition coefficient (Wildman–Crippen LogP) is 1.00. The molecule has 0 atom stereocenters. The molecule has 0 spiro atoms. The monoisotopic (exact) mass is 272 g/mol. The lowest BCUT2D eigenvalue weighted by atomic mass is 10.0. The van der Waals surface area contributed by atoms with Crippen LogP contribution in [0, 0.1) is 0 Å². The third-order valence-corrected chi connectivity index (χ3v) is 3.18. The third kappa shape index (κ3) is 6.22. The lowest BCUT2D eigenvalue weighted by Gasteiger charge is -2.31. The second kappa shape index (κ2) is 7.76. The quantitative estimate of drug-likeness (QED) is 0.645. The van der Waals surface area contributed by atoms with E-state index in [1.54, 1.807) is 0 Å². The molecule has 0 radical (unpaired) electrons. The number of rotatable bonds is 8. The van der Waals surface area contributed by atoms with Crippen LogP contribution < -0.4 is 5.32 Å². The van der Waals surface area contributed by atoms with E-state index in [-0.39, 0.29) is 11.8 Å². The van der Waals surface area contributed by atoms with Crippen molar-refractivity contribution in [2.45, 2.75) is 52.0 Å². The maximum absolute atomic E-state index is 11.8. The first kappa shape index (κ1) is 17.4. The molecule has 0 heterocycles. The van der Waals surface area contributed by atoms with E-state index in [1.165, 1.54) is 32.7 Å². The number of amides is 2. The van der Waals surface area contributed by atoms with Gasteiger partial charge in [0.2, 0.25) is 11.8 Å². The molecule has 0 fully saturated rings. The highest BCUT2D eigenvalue weighted by Gasteiger charge is 2.34. The Labute approximate surface area is 114 Å². The molecule has 0 saturated carbocycles. The Morgan fingerprint density at radius 2 is 1.74 bits per heavy atom. The van der Waals surface area contributed by atoms with Gasteiger partial charge in [-0.1, -0.05) is 6.42 Å². The predicted molar refractivity (Wildman–Crippen MR) is 71.6 cm³/mol. The molecule has 19 heavy (non-hydrogen) atoms. The topological polar surface area (TPSA) is 86.7 Å². The number of carbonyl (C=O) groups excluding carboxylic acids is 2. The van der Waals surface area contributed by atoms with Gasteiger partial charge in [-0.2, -0.15) is 0 Å². The first-order valence-corrected chi connectivity index (χ1v) is 6.44. The number of carboxylic acid groups (broad SMARTS) is 1. The number of hydrogen-bond donors (Lipinski definition) is 2. The number of hydrogen-bond acceptors (Lipinski definition) is 3. The van der Waals surface area contributed by atoms with Crippen molar-refractivity contribution in [1.29, 1.82) is 0 Å². The summed E-state index contributed by atoms with van der Waals surface area (Å²) < 4.78 is 0. The molecule has 0 saturated heterocycles. The minimum Gasteiger partial charge on any atom is -0.480 e. The molecule has 0 unspecified atom stereocenters. The van der Waals surface area contributed by atoms with Crippen LogP contribution in [0.1, 0.15) is 46.5 Å². The van der Waals surface area contributed by atoms with Gasteiger partial charge >= 0.3 is 5.97 Å². The van der Waals surface area contributed by atoms with Crippen molar-refractivity contribution in [1.82, 2.24) is 10.2 Å². The zero-order valence-corrected chi connectivity index (χ0v) is 12.2. The lowest BCUT2D eigenvalue weighted by molar-refractivity contribution is -0.155. The molecule has 0 aliphatic carbocycles. The second-order valence-electron chi connectivity index (χ2n) is 5.11. The van der Waals surface area contributed by atoms with Crippen LogP contribution in [0.15, 0.2) is 0 Å². The van der Waals surface area contributed by atoms with E-state index in [1.807, 2.05) is 0 Å². The normalized spacial score (nSPS) is 10.9. The maximum Gasteiger partial charge on any atom is 0.329 e. The van der Waals surface area contributed by atoms with Gasteiger partial charge in [-0.05, 0) is 26.7 Å². The highest BCUT2D eigenvalue weighted by atomic mass is 16.4. The summed E-state index contributed by atoms with van der Waals surface area (Å²) in [5.41, 5.74) is -1.19. The van der Waals surface area contributed by atoms with Gasteiger partial charge in [-0.3, -0.25) is 9.59 Å².